The van der Waals surface area contributed by atoms with Gasteiger partial charge in [0, 0.05) is 15.9 Å². The summed E-state index contributed by atoms with van der Waals surface area (Å²) in [6, 6.07) is 9.88. The van der Waals surface area contributed by atoms with E-state index in [9.17, 15) is 4.79 Å². The SMILES string of the molecule is Cc1ccc(NC(=O)CSCc2cc3c(cc2Br)OCO3)c(C)c1. The lowest BCUT2D eigenvalue weighted by Gasteiger charge is -2.10. The lowest BCUT2D eigenvalue weighted by atomic mass is 10.1. The minimum atomic E-state index is 0.00354. The van der Waals surface area contributed by atoms with Crippen LogP contribution in [0, 0.1) is 13.8 Å². The summed E-state index contributed by atoms with van der Waals surface area (Å²) in [6.45, 7) is 4.30. The highest BCUT2D eigenvalue weighted by Crippen LogP contribution is 2.38. The fourth-order valence-electron chi connectivity index (χ4n) is 2.46. The van der Waals surface area contributed by atoms with E-state index in [0.717, 1.165) is 38.5 Å². The first-order chi connectivity index (χ1) is 11.5. The number of thioether (sulfide) groups is 1. The number of rotatable bonds is 5. The van der Waals surface area contributed by atoms with Crippen molar-refractivity contribution in [3.05, 3.63) is 51.5 Å². The highest BCUT2D eigenvalue weighted by molar-refractivity contribution is 9.10. The maximum Gasteiger partial charge on any atom is 0.234 e. The van der Waals surface area contributed by atoms with Crippen molar-refractivity contribution in [2.75, 3.05) is 17.9 Å². The number of carbonyl (C=O) groups is 1. The molecule has 0 unspecified atom stereocenters. The van der Waals surface area contributed by atoms with E-state index < -0.39 is 0 Å². The Labute approximate surface area is 154 Å². The highest BCUT2D eigenvalue weighted by Gasteiger charge is 2.16. The molecule has 0 atom stereocenters. The molecule has 1 aliphatic rings. The van der Waals surface area contributed by atoms with Crippen molar-refractivity contribution in [2.24, 2.45) is 0 Å². The molecule has 0 fully saturated rings. The van der Waals surface area contributed by atoms with Crippen LogP contribution in [0.1, 0.15) is 16.7 Å². The molecule has 0 aromatic heterocycles. The van der Waals surface area contributed by atoms with Gasteiger partial charge in [0.25, 0.3) is 0 Å². The largest absolute Gasteiger partial charge is 0.454 e. The van der Waals surface area contributed by atoms with Crippen LogP contribution >= 0.6 is 27.7 Å². The summed E-state index contributed by atoms with van der Waals surface area (Å²) in [5.41, 5.74) is 4.22. The molecule has 24 heavy (non-hydrogen) atoms. The van der Waals surface area contributed by atoms with Gasteiger partial charge in [-0.15, -0.1) is 11.8 Å². The van der Waals surface area contributed by atoms with Gasteiger partial charge in [0.05, 0.1) is 5.75 Å². The molecule has 1 amide bonds. The second-order valence-corrected chi connectivity index (χ2v) is 7.50. The second kappa shape index (κ2) is 7.49. The molecular weight excluding hydrogens is 390 g/mol. The van der Waals surface area contributed by atoms with Crippen LogP contribution in [0.3, 0.4) is 0 Å². The first-order valence-corrected chi connectivity index (χ1v) is 9.50. The van der Waals surface area contributed by atoms with E-state index in [1.54, 1.807) is 11.8 Å². The maximum absolute atomic E-state index is 12.1. The van der Waals surface area contributed by atoms with Crippen LogP contribution in [0.15, 0.2) is 34.8 Å². The van der Waals surface area contributed by atoms with Gasteiger partial charge in [-0.1, -0.05) is 33.6 Å². The van der Waals surface area contributed by atoms with Gasteiger partial charge >= 0.3 is 0 Å². The molecule has 126 valence electrons. The number of amides is 1. The monoisotopic (exact) mass is 407 g/mol. The molecule has 0 bridgehead atoms. The standard InChI is InChI=1S/C18H18BrNO3S/c1-11-3-4-15(12(2)5-11)20-18(21)9-24-8-13-6-16-17(7-14(13)19)23-10-22-16/h3-7H,8-10H2,1-2H3,(H,20,21). The van der Waals surface area contributed by atoms with Gasteiger partial charge in [-0.25, -0.2) is 0 Å². The number of benzene rings is 2. The molecule has 6 heteroatoms. The summed E-state index contributed by atoms with van der Waals surface area (Å²) >= 11 is 5.10. The number of aryl methyl sites for hydroxylation is 2. The minimum absolute atomic E-state index is 0.00354. The van der Waals surface area contributed by atoms with Crippen LogP contribution in [0.25, 0.3) is 0 Å². The van der Waals surface area contributed by atoms with Crippen molar-refractivity contribution >= 4 is 39.3 Å². The lowest BCUT2D eigenvalue weighted by Crippen LogP contribution is -2.15. The summed E-state index contributed by atoms with van der Waals surface area (Å²) in [4.78, 5) is 12.1. The lowest BCUT2D eigenvalue weighted by molar-refractivity contribution is -0.113. The number of fused-ring (bicyclic) bond motifs is 1. The topological polar surface area (TPSA) is 47.6 Å². The van der Waals surface area contributed by atoms with E-state index in [1.165, 1.54) is 5.56 Å². The van der Waals surface area contributed by atoms with Crippen LogP contribution in [-0.2, 0) is 10.5 Å². The Kier molecular flexibility index (Phi) is 5.36. The molecule has 1 aliphatic heterocycles. The molecule has 1 N–H and O–H groups in total. The molecular formula is C18H18BrNO3S. The Morgan fingerprint density at radius 1 is 1.21 bits per heavy atom. The van der Waals surface area contributed by atoms with Crippen LogP contribution in [0.2, 0.25) is 0 Å². The zero-order chi connectivity index (χ0) is 17.1. The van der Waals surface area contributed by atoms with Crippen LogP contribution in [-0.4, -0.2) is 18.5 Å². The molecule has 0 spiro atoms. The Morgan fingerprint density at radius 3 is 2.71 bits per heavy atom. The van der Waals surface area contributed by atoms with Crippen LogP contribution < -0.4 is 14.8 Å². The number of anilines is 1. The minimum Gasteiger partial charge on any atom is -0.454 e. The first kappa shape index (κ1) is 17.2. The normalized spacial score (nSPS) is 12.3. The summed E-state index contributed by atoms with van der Waals surface area (Å²) < 4.78 is 11.7. The summed E-state index contributed by atoms with van der Waals surface area (Å²) in [7, 11) is 0. The zero-order valence-corrected chi connectivity index (χ0v) is 15.9. The van der Waals surface area contributed by atoms with Crippen molar-refractivity contribution in [3.8, 4) is 11.5 Å². The van der Waals surface area contributed by atoms with Gasteiger partial charge < -0.3 is 14.8 Å². The van der Waals surface area contributed by atoms with Gasteiger partial charge in [0.2, 0.25) is 12.7 Å². The van der Waals surface area contributed by atoms with E-state index in [0.29, 0.717) is 5.75 Å². The van der Waals surface area contributed by atoms with Crippen LogP contribution in [0.4, 0.5) is 5.69 Å². The second-order valence-electron chi connectivity index (χ2n) is 5.66. The fourth-order valence-corrected chi connectivity index (χ4v) is 3.93. The summed E-state index contributed by atoms with van der Waals surface area (Å²) in [6.07, 6.45) is 0. The molecule has 3 rings (SSSR count). The summed E-state index contributed by atoms with van der Waals surface area (Å²) in [5, 5.41) is 2.96. The number of halogens is 1. The molecule has 0 saturated heterocycles. The molecule has 1 heterocycles. The predicted octanol–water partition coefficient (Wildman–Crippen LogP) is 4.67. The molecule has 2 aromatic rings. The van der Waals surface area contributed by atoms with Gasteiger partial charge in [0.1, 0.15) is 0 Å². The number of nitrogens with one attached hydrogen (secondary N) is 1. The first-order valence-electron chi connectivity index (χ1n) is 7.56. The van der Waals surface area contributed by atoms with E-state index >= 15 is 0 Å². The quantitative estimate of drug-likeness (QED) is 0.782. The van der Waals surface area contributed by atoms with Crippen LogP contribution in [0.5, 0.6) is 11.5 Å². The van der Waals surface area contributed by atoms with Crippen molar-refractivity contribution in [2.45, 2.75) is 19.6 Å². The predicted molar refractivity (Wildman–Crippen MR) is 101 cm³/mol. The van der Waals surface area contributed by atoms with Crippen molar-refractivity contribution in [1.29, 1.82) is 0 Å². The summed E-state index contributed by atoms with van der Waals surface area (Å²) in [5.74, 6) is 2.63. The number of hydrogen-bond donors (Lipinski definition) is 1. The third-order valence-electron chi connectivity index (χ3n) is 3.69. The Hall–Kier alpha value is -1.66. The zero-order valence-electron chi connectivity index (χ0n) is 13.5. The van der Waals surface area contributed by atoms with Gasteiger partial charge in [-0.05, 0) is 43.2 Å². The van der Waals surface area contributed by atoms with Crippen molar-refractivity contribution in [1.82, 2.24) is 0 Å². The highest BCUT2D eigenvalue weighted by atomic mass is 79.9. The average molecular weight is 408 g/mol. The average Bonchev–Trinajstić information content (AvgIpc) is 2.97. The fraction of sp³-hybridized carbons (Fsp3) is 0.278. The third-order valence-corrected chi connectivity index (χ3v) is 5.41. The molecule has 4 nitrogen and oxygen atoms in total. The number of ether oxygens (including phenoxy) is 2. The molecule has 0 aliphatic carbocycles. The smallest absolute Gasteiger partial charge is 0.234 e. The maximum atomic E-state index is 12.1. The van der Waals surface area contributed by atoms with Gasteiger partial charge in [-0.3, -0.25) is 4.79 Å². The third kappa shape index (κ3) is 4.05. The van der Waals surface area contributed by atoms with Gasteiger partial charge in [-0.2, -0.15) is 0 Å². The Balaban J connectivity index is 1.54. The molecule has 0 saturated carbocycles. The Morgan fingerprint density at radius 2 is 1.96 bits per heavy atom. The molecule has 2 aromatic carbocycles. The van der Waals surface area contributed by atoms with Gasteiger partial charge in [0.15, 0.2) is 11.5 Å². The Bertz CT molecular complexity index is 779. The van der Waals surface area contributed by atoms with Crippen molar-refractivity contribution in [3.63, 3.8) is 0 Å². The number of carbonyl (C=O) groups excluding carboxylic acids is 1. The molecule has 0 radical (unpaired) electrons. The van der Waals surface area contributed by atoms with Crippen molar-refractivity contribution < 1.29 is 14.3 Å². The van der Waals surface area contributed by atoms with E-state index in [2.05, 4.69) is 27.3 Å². The van der Waals surface area contributed by atoms with E-state index in [1.807, 2.05) is 38.1 Å². The van der Waals surface area contributed by atoms with E-state index in [-0.39, 0.29) is 12.7 Å². The van der Waals surface area contributed by atoms with E-state index in [4.69, 9.17) is 9.47 Å². The number of hydrogen-bond acceptors (Lipinski definition) is 4.